The molecular formula is C24H42N2O2Si2. The summed E-state index contributed by atoms with van der Waals surface area (Å²) < 4.78 is 8.29. The Labute approximate surface area is 186 Å². The zero-order valence-electron chi connectivity index (χ0n) is 21.2. The van der Waals surface area contributed by atoms with E-state index in [1.165, 1.54) is 5.56 Å². The number of benzene rings is 1. The number of fused-ring (bicyclic) bond motifs is 1. The van der Waals surface area contributed by atoms with Gasteiger partial charge in [0.05, 0.1) is 0 Å². The van der Waals surface area contributed by atoms with E-state index in [1.807, 2.05) is 6.07 Å². The van der Waals surface area contributed by atoms with E-state index in [0.717, 1.165) is 17.7 Å². The molecule has 0 saturated heterocycles. The van der Waals surface area contributed by atoms with Crippen LogP contribution in [0.5, 0.6) is 0 Å². The van der Waals surface area contributed by atoms with Crippen LogP contribution in [-0.4, -0.2) is 28.2 Å². The normalized spacial score (nSPS) is 17.2. The molecule has 0 aromatic heterocycles. The van der Waals surface area contributed by atoms with Gasteiger partial charge in [0, 0.05) is 11.3 Å². The van der Waals surface area contributed by atoms with Crippen LogP contribution in [0.15, 0.2) is 23.4 Å². The lowest BCUT2D eigenvalue weighted by Crippen LogP contribution is -2.57. The van der Waals surface area contributed by atoms with E-state index in [9.17, 15) is 4.79 Å². The molecule has 1 aliphatic heterocycles. The van der Waals surface area contributed by atoms with Crippen molar-refractivity contribution in [1.29, 1.82) is 0 Å². The molecule has 30 heavy (non-hydrogen) atoms. The topological polar surface area (TPSA) is 41.9 Å². The molecule has 4 nitrogen and oxygen atoms in total. The molecule has 1 heterocycles. The highest BCUT2D eigenvalue weighted by atomic mass is 28.4. The van der Waals surface area contributed by atoms with Crippen LogP contribution in [0.2, 0.25) is 36.3 Å². The monoisotopic (exact) mass is 446 g/mol. The number of oxime groups is 1. The predicted octanol–water partition coefficient (Wildman–Crippen LogP) is 6.96. The molecule has 6 heteroatoms. The number of amides is 1. The van der Waals surface area contributed by atoms with E-state index in [4.69, 9.17) is 4.53 Å². The standard InChI is InChI=1S/C24H42N2O2Si2/c1-17(2)16-18-14-13-15-19-20(25-28-30(11,12)24(6,7)8)22(27)26(21(18)19)29(9,10)23(3,4)5/h13-15,17H,16H2,1-12H3/b25-20+. The van der Waals surface area contributed by atoms with Gasteiger partial charge < -0.3 is 9.09 Å². The Balaban J connectivity index is 2.69. The van der Waals surface area contributed by atoms with Gasteiger partial charge in [0.1, 0.15) is 0 Å². The zero-order valence-corrected chi connectivity index (χ0v) is 23.2. The van der Waals surface area contributed by atoms with Gasteiger partial charge in [0.25, 0.3) is 14.2 Å². The number of hydrogen-bond donors (Lipinski definition) is 0. The average Bonchev–Trinajstić information content (AvgIpc) is 2.83. The summed E-state index contributed by atoms with van der Waals surface area (Å²) in [6.07, 6.45) is 0.942. The van der Waals surface area contributed by atoms with Crippen LogP contribution in [0.25, 0.3) is 0 Å². The fraction of sp³-hybridized carbons (Fsp3) is 0.667. The predicted molar refractivity (Wildman–Crippen MR) is 134 cm³/mol. The van der Waals surface area contributed by atoms with E-state index in [2.05, 4.69) is 103 Å². The lowest BCUT2D eigenvalue weighted by Gasteiger charge is -2.44. The van der Waals surface area contributed by atoms with E-state index < -0.39 is 16.6 Å². The Hall–Kier alpha value is -1.41. The molecule has 1 aromatic rings. The van der Waals surface area contributed by atoms with Crippen LogP contribution < -0.4 is 4.57 Å². The molecule has 1 aromatic carbocycles. The molecular weight excluding hydrogens is 404 g/mol. The van der Waals surface area contributed by atoms with E-state index in [-0.39, 0.29) is 16.0 Å². The van der Waals surface area contributed by atoms with E-state index >= 15 is 0 Å². The highest BCUT2D eigenvalue weighted by molar-refractivity contribution is 6.90. The van der Waals surface area contributed by atoms with Crippen molar-refractivity contribution in [3.63, 3.8) is 0 Å². The second-order valence-electron chi connectivity index (χ2n) is 12.2. The summed E-state index contributed by atoms with van der Waals surface area (Å²) in [4.78, 5) is 13.8. The first-order chi connectivity index (χ1) is 13.4. The smallest absolute Gasteiger partial charge is 0.286 e. The van der Waals surface area contributed by atoms with Gasteiger partial charge in [-0.25, -0.2) is 0 Å². The van der Waals surface area contributed by atoms with Crippen LogP contribution in [0, 0.1) is 5.92 Å². The lowest BCUT2D eigenvalue weighted by atomic mass is 9.98. The minimum atomic E-state index is -2.16. The SMILES string of the molecule is CC(C)Cc1cccc2c1N([Si](C)(C)C(C)(C)C)C(=O)/C2=N/O[Si](C)(C)C(C)(C)C. The van der Waals surface area contributed by atoms with Crippen molar-refractivity contribution in [3.05, 3.63) is 29.3 Å². The molecule has 0 bridgehead atoms. The average molecular weight is 447 g/mol. The quantitative estimate of drug-likeness (QED) is 0.362. The first-order valence-electron chi connectivity index (χ1n) is 11.1. The molecule has 0 N–H and O–H groups in total. The largest absolute Gasteiger partial charge is 0.454 e. The fourth-order valence-electron chi connectivity index (χ4n) is 3.23. The third kappa shape index (κ3) is 4.45. The van der Waals surface area contributed by atoms with Crippen molar-refractivity contribution in [1.82, 2.24) is 0 Å². The summed E-state index contributed by atoms with van der Waals surface area (Å²) in [7, 11) is -4.28. The molecule has 0 radical (unpaired) electrons. The summed E-state index contributed by atoms with van der Waals surface area (Å²) >= 11 is 0. The Morgan fingerprint density at radius 1 is 1.00 bits per heavy atom. The van der Waals surface area contributed by atoms with Gasteiger partial charge in [-0.3, -0.25) is 4.79 Å². The maximum Gasteiger partial charge on any atom is 0.286 e. The molecule has 168 valence electrons. The summed E-state index contributed by atoms with van der Waals surface area (Å²) in [6.45, 7) is 26.7. The van der Waals surface area contributed by atoms with Crippen LogP contribution in [0.1, 0.15) is 66.5 Å². The van der Waals surface area contributed by atoms with Crippen molar-refractivity contribution in [2.24, 2.45) is 11.1 Å². The Kier molecular flexibility index (Phi) is 6.57. The Bertz CT molecular complexity index is 844. The van der Waals surface area contributed by atoms with Gasteiger partial charge in [-0.1, -0.05) is 91.8 Å². The number of carbonyl (C=O) groups excluding carboxylic acids is 1. The molecule has 1 amide bonds. The van der Waals surface area contributed by atoms with Gasteiger partial charge in [-0.15, -0.1) is 0 Å². The van der Waals surface area contributed by atoms with Crippen LogP contribution in [0.3, 0.4) is 0 Å². The van der Waals surface area contributed by atoms with Gasteiger partial charge >= 0.3 is 0 Å². The second kappa shape index (κ2) is 7.93. The Morgan fingerprint density at radius 2 is 1.57 bits per heavy atom. The van der Waals surface area contributed by atoms with Gasteiger partial charge in [-0.2, -0.15) is 0 Å². The number of rotatable bonds is 5. The Morgan fingerprint density at radius 3 is 2.03 bits per heavy atom. The van der Waals surface area contributed by atoms with Gasteiger partial charge in [0.2, 0.25) is 0 Å². The van der Waals surface area contributed by atoms with Gasteiger partial charge in [-0.05, 0) is 41.1 Å². The van der Waals surface area contributed by atoms with Crippen molar-refractivity contribution >= 4 is 33.9 Å². The highest BCUT2D eigenvalue weighted by Crippen LogP contribution is 2.46. The molecule has 0 saturated carbocycles. The lowest BCUT2D eigenvalue weighted by molar-refractivity contribution is -0.111. The van der Waals surface area contributed by atoms with E-state index in [1.54, 1.807) is 0 Å². The molecule has 0 aliphatic carbocycles. The van der Waals surface area contributed by atoms with Crippen molar-refractivity contribution < 1.29 is 9.32 Å². The summed E-state index contributed by atoms with van der Waals surface area (Å²) in [5.74, 6) is 0.517. The van der Waals surface area contributed by atoms with Crippen LogP contribution in [0.4, 0.5) is 5.69 Å². The van der Waals surface area contributed by atoms with Crippen molar-refractivity contribution in [3.8, 4) is 0 Å². The third-order valence-electron chi connectivity index (χ3n) is 7.20. The summed E-state index contributed by atoms with van der Waals surface area (Å²) in [5, 5.41) is 4.62. The number of nitrogens with zero attached hydrogens (tertiary/aromatic N) is 2. The molecule has 0 unspecified atom stereocenters. The number of hydrogen-bond acceptors (Lipinski definition) is 3. The molecule has 0 spiro atoms. The summed E-state index contributed by atoms with van der Waals surface area (Å²) in [5.41, 5.74) is 3.71. The van der Waals surface area contributed by atoms with Crippen LogP contribution in [-0.2, 0) is 15.7 Å². The maximum atomic E-state index is 13.8. The molecule has 0 fully saturated rings. The maximum absolute atomic E-state index is 13.8. The van der Waals surface area contributed by atoms with E-state index in [0.29, 0.717) is 11.6 Å². The second-order valence-corrected chi connectivity index (χ2v) is 21.9. The fourth-order valence-corrected chi connectivity index (χ4v) is 5.93. The number of para-hydroxylation sites is 1. The first kappa shape index (κ1) is 24.9. The van der Waals surface area contributed by atoms with Crippen LogP contribution >= 0.6 is 0 Å². The molecule has 2 rings (SSSR count). The minimum absolute atomic E-state index is 0.00602. The highest BCUT2D eigenvalue weighted by Gasteiger charge is 2.51. The first-order valence-corrected chi connectivity index (χ1v) is 17.0. The van der Waals surface area contributed by atoms with Crippen molar-refractivity contribution in [2.45, 2.75) is 98.1 Å². The molecule has 0 atom stereocenters. The third-order valence-corrected chi connectivity index (χ3v) is 16.6. The number of anilines is 1. The minimum Gasteiger partial charge on any atom is -0.454 e. The molecule has 1 aliphatic rings. The van der Waals surface area contributed by atoms with Gasteiger partial charge in [0.15, 0.2) is 13.9 Å². The summed E-state index contributed by atoms with van der Waals surface area (Å²) in [6, 6.07) is 6.27. The number of carbonyl (C=O) groups is 1. The zero-order chi connectivity index (χ0) is 23.3. The van der Waals surface area contributed by atoms with Crippen molar-refractivity contribution in [2.75, 3.05) is 4.57 Å².